The first kappa shape index (κ1) is 28.4. The van der Waals surface area contributed by atoms with Crippen molar-refractivity contribution in [1.29, 1.82) is 0 Å². The van der Waals surface area contributed by atoms with Crippen molar-refractivity contribution in [3.63, 3.8) is 0 Å². The Morgan fingerprint density at radius 2 is 1.36 bits per heavy atom. The number of methoxy groups -OCH3 is 2. The first-order valence-electron chi connectivity index (χ1n) is 15.1. The summed E-state index contributed by atoms with van der Waals surface area (Å²) in [6.45, 7) is 1.77. The molecule has 2 N–H and O–H groups in total. The van der Waals surface area contributed by atoms with Gasteiger partial charge in [0.15, 0.2) is 34.5 Å². The summed E-state index contributed by atoms with van der Waals surface area (Å²) in [7, 11) is 7.45. The van der Waals surface area contributed by atoms with E-state index in [1.54, 1.807) is 20.3 Å². The molecular formula is C36H38N2O6. The highest BCUT2D eigenvalue weighted by atomic mass is 16.5. The molecule has 0 aromatic heterocycles. The molecule has 8 nitrogen and oxygen atoms in total. The molecule has 0 unspecified atom stereocenters. The lowest BCUT2D eigenvalue weighted by molar-refractivity contribution is 0.222. The average molecular weight is 595 g/mol. The standard InChI is InChI=1S/C36H38N2O6/c1-37-13-11-23-18-31(41-3)32-20-26(23)27(37)15-21-5-8-25(9-6-21)43-36-34-24(19-33(42-4)35(36)40)12-14-38(2)28(34)16-22-7-10-29(39)30(17-22)44-32/h5-10,17-20,27-28,39-40H,11-16H2,1-4H3/t27-,28+/m0/s1. The minimum atomic E-state index is -0.101. The van der Waals surface area contributed by atoms with Crippen LogP contribution in [0.15, 0.2) is 60.7 Å². The number of fused-ring (bicyclic) bond motifs is 2. The molecule has 0 radical (unpaired) electrons. The van der Waals surface area contributed by atoms with Gasteiger partial charge in [0.2, 0.25) is 5.75 Å². The molecule has 0 saturated heterocycles. The predicted octanol–water partition coefficient (Wildman–Crippen LogP) is 6.56. The molecule has 4 aromatic rings. The van der Waals surface area contributed by atoms with Crippen LogP contribution in [0.4, 0.5) is 0 Å². The Kier molecular flexibility index (Phi) is 7.26. The van der Waals surface area contributed by atoms with Crippen LogP contribution in [0, 0.1) is 0 Å². The molecule has 4 aliphatic heterocycles. The van der Waals surface area contributed by atoms with E-state index >= 15 is 0 Å². The lowest BCUT2D eigenvalue weighted by Gasteiger charge is -2.36. The fraction of sp³-hybridized carbons (Fsp3) is 0.333. The molecule has 0 spiro atoms. The Bertz CT molecular complexity index is 1720. The second-order valence-corrected chi connectivity index (χ2v) is 12.1. The van der Waals surface area contributed by atoms with Crippen LogP contribution in [0.3, 0.4) is 0 Å². The minimum absolute atomic E-state index is 0.0123. The van der Waals surface area contributed by atoms with Crippen molar-refractivity contribution in [2.75, 3.05) is 41.4 Å². The van der Waals surface area contributed by atoms with E-state index in [4.69, 9.17) is 18.9 Å². The van der Waals surface area contributed by atoms with E-state index in [9.17, 15) is 10.2 Å². The highest BCUT2D eigenvalue weighted by Crippen LogP contribution is 2.50. The summed E-state index contributed by atoms with van der Waals surface area (Å²) in [4.78, 5) is 4.65. The lowest BCUT2D eigenvalue weighted by atomic mass is 9.87. The molecule has 228 valence electrons. The third-order valence-corrected chi connectivity index (χ3v) is 9.46. The lowest BCUT2D eigenvalue weighted by Crippen LogP contribution is -2.34. The summed E-state index contributed by atoms with van der Waals surface area (Å²) in [5, 5.41) is 22.3. The number of hydrogen-bond acceptors (Lipinski definition) is 8. The molecule has 0 aliphatic carbocycles. The summed E-state index contributed by atoms with van der Waals surface area (Å²) in [6, 6.07) is 19.7. The van der Waals surface area contributed by atoms with Crippen LogP contribution in [-0.2, 0) is 25.7 Å². The topological polar surface area (TPSA) is 83.9 Å². The number of benzene rings is 4. The Morgan fingerprint density at radius 3 is 2.11 bits per heavy atom. The minimum Gasteiger partial charge on any atom is -0.504 e. The van der Waals surface area contributed by atoms with Crippen LogP contribution in [0.1, 0.15) is 45.5 Å². The van der Waals surface area contributed by atoms with Crippen LogP contribution in [0.5, 0.6) is 46.0 Å². The molecule has 0 amide bonds. The monoisotopic (exact) mass is 594 g/mol. The smallest absolute Gasteiger partial charge is 0.201 e. The maximum atomic E-state index is 11.4. The van der Waals surface area contributed by atoms with Gasteiger partial charge in [-0.05, 0) is 110 Å². The summed E-state index contributed by atoms with van der Waals surface area (Å²) in [5.74, 6) is 3.08. The molecule has 8 rings (SSSR count). The van der Waals surface area contributed by atoms with E-state index < -0.39 is 0 Å². The highest BCUT2D eigenvalue weighted by molar-refractivity contribution is 5.62. The second kappa shape index (κ2) is 11.3. The van der Waals surface area contributed by atoms with Gasteiger partial charge in [-0.25, -0.2) is 0 Å². The van der Waals surface area contributed by atoms with Crippen molar-refractivity contribution < 1.29 is 29.2 Å². The zero-order valence-electron chi connectivity index (χ0n) is 25.6. The fourth-order valence-electron chi connectivity index (χ4n) is 6.93. The van der Waals surface area contributed by atoms with Crippen molar-refractivity contribution >= 4 is 0 Å². The maximum absolute atomic E-state index is 11.4. The van der Waals surface area contributed by atoms with Gasteiger partial charge in [-0.2, -0.15) is 0 Å². The number of rotatable bonds is 2. The van der Waals surface area contributed by atoms with Gasteiger partial charge in [-0.3, -0.25) is 9.80 Å². The fourth-order valence-corrected chi connectivity index (χ4v) is 6.93. The van der Waals surface area contributed by atoms with Gasteiger partial charge < -0.3 is 29.2 Å². The van der Waals surface area contributed by atoms with E-state index in [1.807, 2.05) is 30.3 Å². The number of phenols is 2. The van der Waals surface area contributed by atoms with Gasteiger partial charge in [0.05, 0.1) is 14.2 Å². The number of nitrogens with zero attached hydrogens (tertiary/aromatic N) is 2. The summed E-state index contributed by atoms with van der Waals surface area (Å²) in [6.07, 6.45) is 3.11. The van der Waals surface area contributed by atoms with Crippen molar-refractivity contribution in [2.24, 2.45) is 0 Å². The van der Waals surface area contributed by atoms with Crippen LogP contribution in [0.2, 0.25) is 0 Å². The largest absolute Gasteiger partial charge is 0.504 e. The normalized spacial score (nSPS) is 19.6. The quantitative estimate of drug-likeness (QED) is 0.270. The van der Waals surface area contributed by atoms with Crippen LogP contribution >= 0.6 is 0 Å². The van der Waals surface area contributed by atoms with Gasteiger partial charge in [-0.15, -0.1) is 0 Å². The van der Waals surface area contributed by atoms with Crippen molar-refractivity contribution in [3.8, 4) is 46.0 Å². The molecule has 44 heavy (non-hydrogen) atoms. The van der Waals surface area contributed by atoms with E-state index in [1.165, 1.54) is 16.7 Å². The molecule has 4 aromatic carbocycles. The van der Waals surface area contributed by atoms with E-state index in [-0.39, 0.29) is 23.6 Å². The van der Waals surface area contributed by atoms with Gasteiger partial charge in [0.1, 0.15) is 5.75 Å². The Morgan fingerprint density at radius 1 is 0.705 bits per heavy atom. The molecule has 0 fully saturated rings. The zero-order chi connectivity index (χ0) is 30.5. The molecule has 0 saturated carbocycles. The first-order chi connectivity index (χ1) is 21.3. The predicted molar refractivity (Wildman–Crippen MR) is 168 cm³/mol. The molecule has 8 heteroatoms. The van der Waals surface area contributed by atoms with E-state index in [2.05, 4.69) is 48.2 Å². The highest BCUT2D eigenvalue weighted by Gasteiger charge is 2.33. The number of phenolic OH excluding ortho intramolecular Hbond substituents is 2. The van der Waals surface area contributed by atoms with Gasteiger partial charge in [0, 0.05) is 30.7 Å². The van der Waals surface area contributed by atoms with E-state index in [0.717, 1.165) is 49.0 Å². The van der Waals surface area contributed by atoms with Crippen molar-refractivity contribution in [2.45, 2.75) is 37.8 Å². The summed E-state index contributed by atoms with van der Waals surface area (Å²) in [5.41, 5.74) is 6.58. The second-order valence-electron chi connectivity index (χ2n) is 12.1. The van der Waals surface area contributed by atoms with E-state index in [0.29, 0.717) is 40.9 Å². The number of hydrogen-bond donors (Lipinski definition) is 2. The molecular weight excluding hydrogens is 556 g/mol. The Hall–Kier alpha value is -4.40. The van der Waals surface area contributed by atoms with Gasteiger partial charge >= 0.3 is 0 Å². The van der Waals surface area contributed by atoms with Gasteiger partial charge in [-0.1, -0.05) is 18.2 Å². The molecule has 6 bridgehead atoms. The number of likely N-dealkylation sites (N-methyl/N-ethyl adjacent to an activating group) is 2. The molecule has 4 aliphatic rings. The van der Waals surface area contributed by atoms with Crippen LogP contribution in [0.25, 0.3) is 0 Å². The zero-order valence-corrected chi connectivity index (χ0v) is 25.6. The SMILES string of the molecule is COc1cc2c3cc1Oc1cc(ccc1O)C[C@@H]1c4c(cc(OC)c(O)c4Oc4ccc(cc4)C[C@@H]3N(C)CC2)CCN1C. The summed E-state index contributed by atoms with van der Waals surface area (Å²) < 4.78 is 24.3. The summed E-state index contributed by atoms with van der Waals surface area (Å²) >= 11 is 0. The maximum Gasteiger partial charge on any atom is 0.201 e. The third-order valence-electron chi connectivity index (χ3n) is 9.46. The number of ether oxygens (including phenoxy) is 4. The molecule has 4 heterocycles. The Balaban J connectivity index is 1.41. The first-order valence-corrected chi connectivity index (χ1v) is 15.1. The third kappa shape index (κ3) is 4.98. The van der Waals surface area contributed by atoms with Gasteiger partial charge in [0.25, 0.3) is 0 Å². The number of aromatic hydroxyl groups is 2. The average Bonchev–Trinajstić information content (AvgIpc) is 3.03. The Labute approximate surface area is 258 Å². The van der Waals surface area contributed by atoms with Crippen LogP contribution < -0.4 is 18.9 Å². The van der Waals surface area contributed by atoms with Crippen molar-refractivity contribution in [1.82, 2.24) is 9.80 Å². The van der Waals surface area contributed by atoms with Crippen LogP contribution in [-0.4, -0.2) is 61.4 Å². The molecule has 2 atom stereocenters. The van der Waals surface area contributed by atoms with Crippen molar-refractivity contribution in [3.05, 3.63) is 94.0 Å².